The fraction of sp³-hybridized carbons (Fsp3) is 0.333. The van der Waals surface area contributed by atoms with Crippen LogP contribution in [0.15, 0.2) is 27.2 Å². The smallest absolute Gasteiger partial charge is 0.228 e. The van der Waals surface area contributed by atoms with Crippen molar-refractivity contribution in [2.24, 2.45) is 5.73 Å². The van der Waals surface area contributed by atoms with Crippen molar-refractivity contribution < 1.29 is 13.7 Å². The SMILES string of the molecule is COCC(N)Cc1nc(-c2cc(F)cc(Br)c2)no1. The van der Waals surface area contributed by atoms with Crippen molar-refractivity contribution >= 4 is 15.9 Å². The molecule has 0 aliphatic carbocycles. The lowest BCUT2D eigenvalue weighted by Crippen LogP contribution is -2.28. The van der Waals surface area contributed by atoms with Crippen molar-refractivity contribution in [3.05, 3.63) is 34.4 Å². The maximum Gasteiger partial charge on any atom is 0.228 e. The third-order valence-electron chi connectivity index (χ3n) is 2.41. The highest BCUT2D eigenvalue weighted by Crippen LogP contribution is 2.22. The first-order valence-electron chi connectivity index (χ1n) is 5.62. The molecule has 0 aliphatic heterocycles. The number of methoxy groups -OCH3 is 1. The molecule has 1 aromatic carbocycles. The van der Waals surface area contributed by atoms with Crippen LogP contribution in [0, 0.1) is 5.82 Å². The highest BCUT2D eigenvalue weighted by atomic mass is 79.9. The van der Waals surface area contributed by atoms with Crippen LogP contribution in [0.25, 0.3) is 11.4 Å². The normalized spacial score (nSPS) is 12.6. The fourth-order valence-electron chi connectivity index (χ4n) is 1.64. The number of nitrogens with zero attached hydrogens (tertiary/aromatic N) is 2. The van der Waals surface area contributed by atoms with Crippen LogP contribution in [0.5, 0.6) is 0 Å². The van der Waals surface area contributed by atoms with Gasteiger partial charge < -0.3 is 15.0 Å². The van der Waals surface area contributed by atoms with E-state index in [1.54, 1.807) is 13.2 Å². The number of benzene rings is 1. The average molecular weight is 330 g/mol. The van der Waals surface area contributed by atoms with Crippen molar-refractivity contribution in [3.63, 3.8) is 0 Å². The topological polar surface area (TPSA) is 74.2 Å². The number of rotatable bonds is 5. The highest BCUT2D eigenvalue weighted by Gasteiger charge is 2.13. The molecule has 0 bridgehead atoms. The van der Waals surface area contributed by atoms with Crippen LogP contribution in [0.1, 0.15) is 5.89 Å². The lowest BCUT2D eigenvalue weighted by Gasteiger charge is -2.05. The Labute approximate surface area is 118 Å². The van der Waals surface area contributed by atoms with Gasteiger partial charge in [-0.05, 0) is 18.2 Å². The van der Waals surface area contributed by atoms with Crippen molar-refractivity contribution in [1.82, 2.24) is 10.1 Å². The molecule has 2 N–H and O–H groups in total. The number of halogens is 2. The van der Waals surface area contributed by atoms with E-state index in [1.165, 1.54) is 12.1 Å². The van der Waals surface area contributed by atoms with E-state index < -0.39 is 0 Å². The predicted octanol–water partition coefficient (Wildman–Crippen LogP) is 2.15. The third kappa shape index (κ3) is 3.82. The van der Waals surface area contributed by atoms with Crippen LogP contribution >= 0.6 is 15.9 Å². The number of ether oxygens (including phenoxy) is 1. The standard InChI is InChI=1S/C12H13BrFN3O2/c1-18-6-10(15)5-11-16-12(17-19-11)7-2-8(13)4-9(14)3-7/h2-4,10H,5-6,15H2,1H3. The first kappa shape index (κ1) is 14.1. The Hall–Kier alpha value is -1.31. The first-order valence-corrected chi connectivity index (χ1v) is 6.41. The summed E-state index contributed by atoms with van der Waals surface area (Å²) >= 11 is 3.22. The number of nitrogens with two attached hydrogens (primary N) is 1. The molecule has 0 saturated carbocycles. The molecule has 0 aliphatic rings. The Morgan fingerprint density at radius 1 is 1.47 bits per heavy atom. The molecule has 0 saturated heterocycles. The molecule has 1 unspecified atom stereocenters. The second kappa shape index (κ2) is 6.23. The summed E-state index contributed by atoms with van der Waals surface area (Å²) in [5.41, 5.74) is 6.34. The van der Waals surface area contributed by atoms with Gasteiger partial charge in [0.05, 0.1) is 6.61 Å². The minimum absolute atomic E-state index is 0.211. The zero-order valence-electron chi connectivity index (χ0n) is 10.3. The Balaban J connectivity index is 2.16. The summed E-state index contributed by atoms with van der Waals surface area (Å²) < 4.78 is 23.9. The molecular formula is C12H13BrFN3O2. The number of hydrogen-bond donors (Lipinski definition) is 1. The van der Waals surface area contributed by atoms with E-state index in [4.69, 9.17) is 15.0 Å². The molecule has 0 radical (unpaired) electrons. The van der Waals surface area contributed by atoms with Crippen molar-refractivity contribution in [3.8, 4) is 11.4 Å². The molecule has 1 aromatic heterocycles. The molecule has 0 fully saturated rings. The van der Waals surface area contributed by atoms with Gasteiger partial charge in [-0.1, -0.05) is 21.1 Å². The third-order valence-corrected chi connectivity index (χ3v) is 2.86. The van der Waals surface area contributed by atoms with Crippen LogP contribution in [0.4, 0.5) is 4.39 Å². The zero-order chi connectivity index (χ0) is 13.8. The van der Waals surface area contributed by atoms with E-state index in [1.807, 2.05) is 0 Å². The molecular weight excluding hydrogens is 317 g/mol. The summed E-state index contributed by atoms with van der Waals surface area (Å²) in [6, 6.07) is 4.21. The number of hydrogen-bond acceptors (Lipinski definition) is 5. The zero-order valence-corrected chi connectivity index (χ0v) is 11.9. The largest absolute Gasteiger partial charge is 0.383 e. The van der Waals surface area contributed by atoms with E-state index in [0.29, 0.717) is 34.8 Å². The average Bonchev–Trinajstić information content (AvgIpc) is 2.76. The Kier molecular flexibility index (Phi) is 4.62. The van der Waals surface area contributed by atoms with Gasteiger partial charge in [-0.2, -0.15) is 4.98 Å². The maximum absolute atomic E-state index is 13.3. The molecule has 0 amide bonds. The number of aromatic nitrogens is 2. The van der Waals surface area contributed by atoms with Crippen molar-refractivity contribution in [2.45, 2.75) is 12.5 Å². The van der Waals surface area contributed by atoms with Gasteiger partial charge in [-0.3, -0.25) is 0 Å². The summed E-state index contributed by atoms with van der Waals surface area (Å²) in [5.74, 6) is 0.367. The van der Waals surface area contributed by atoms with Gasteiger partial charge in [-0.15, -0.1) is 0 Å². The van der Waals surface area contributed by atoms with Gasteiger partial charge in [0.1, 0.15) is 5.82 Å². The minimum atomic E-state index is -0.369. The first-order chi connectivity index (χ1) is 9.08. The van der Waals surface area contributed by atoms with E-state index in [0.717, 1.165) is 0 Å². The summed E-state index contributed by atoms with van der Waals surface area (Å²) in [5, 5.41) is 3.81. The molecule has 2 aromatic rings. The van der Waals surface area contributed by atoms with E-state index in [-0.39, 0.29) is 11.9 Å². The molecule has 2 rings (SSSR count). The molecule has 5 nitrogen and oxygen atoms in total. The van der Waals surface area contributed by atoms with Crippen LogP contribution in [-0.4, -0.2) is 29.9 Å². The summed E-state index contributed by atoms with van der Waals surface area (Å²) in [7, 11) is 1.57. The molecule has 102 valence electrons. The second-order valence-corrected chi connectivity index (χ2v) is 5.01. The molecule has 7 heteroatoms. The Morgan fingerprint density at radius 3 is 2.95 bits per heavy atom. The van der Waals surface area contributed by atoms with Gasteiger partial charge in [-0.25, -0.2) is 4.39 Å². The van der Waals surface area contributed by atoms with E-state index in [9.17, 15) is 4.39 Å². The lowest BCUT2D eigenvalue weighted by atomic mass is 10.2. The molecule has 1 atom stereocenters. The van der Waals surface area contributed by atoms with E-state index in [2.05, 4.69) is 26.1 Å². The Morgan fingerprint density at radius 2 is 2.26 bits per heavy atom. The van der Waals surface area contributed by atoms with Gasteiger partial charge in [0.15, 0.2) is 0 Å². The van der Waals surface area contributed by atoms with Gasteiger partial charge in [0.2, 0.25) is 11.7 Å². The Bertz CT molecular complexity index is 541. The van der Waals surface area contributed by atoms with Gasteiger partial charge in [0, 0.05) is 29.6 Å². The van der Waals surface area contributed by atoms with Crippen molar-refractivity contribution in [1.29, 1.82) is 0 Å². The lowest BCUT2D eigenvalue weighted by molar-refractivity contribution is 0.176. The van der Waals surface area contributed by atoms with Gasteiger partial charge in [0.25, 0.3) is 0 Å². The summed E-state index contributed by atoms with van der Waals surface area (Å²) in [6.45, 7) is 0.406. The quantitative estimate of drug-likeness (QED) is 0.909. The van der Waals surface area contributed by atoms with E-state index >= 15 is 0 Å². The molecule has 0 spiro atoms. The maximum atomic E-state index is 13.3. The molecule has 1 heterocycles. The van der Waals surface area contributed by atoms with Gasteiger partial charge >= 0.3 is 0 Å². The van der Waals surface area contributed by atoms with Crippen LogP contribution in [0.3, 0.4) is 0 Å². The van der Waals surface area contributed by atoms with Crippen LogP contribution in [0.2, 0.25) is 0 Å². The summed E-state index contributed by atoms with van der Waals surface area (Å²) in [4.78, 5) is 4.18. The highest BCUT2D eigenvalue weighted by molar-refractivity contribution is 9.10. The van der Waals surface area contributed by atoms with Crippen LogP contribution in [-0.2, 0) is 11.2 Å². The van der Waals surface area contributed by atoms with Crippen LogP contribution < -0.4 is 5.73 Å². The minimum Gasteiger partial charge on any atom is -0.383 e. The second-order valence-electron chi connectivity index (χ2n) is 4.09. The fourth-order valence-corrected chi connectivity index (χ4v) is 2.10. The summed E-state index contributed by atoms with van der Waals surface area (Å²) in [6.07, 6.45) is 0.414. The monoisotopic (exact) mass is 329 g/mol. The van der Waals surface area contributed by atoms with Crippen molar-refractivity contribution in [2.75, 3.05) is 13.7 Å². The predicted molar refractivity (Wildman–Crippen MR) is 70.9 cm³/mol. The molecule has 19 heavy (non-hydrogen) atoms.